The van der Waals surface area contributed by atoms with Crippen LogP contribution < -0.4 is 10.1 Å². The summed E-state index contributed by atoms with van der Waals surface area (Å²) in [7, 11) is 0. The Labute approximate surface area is 185 Å². The minimum atomic E-state index is -0.100. The van der Waals surface area contributed by atoms with Crippen LogP contribution in [-0.2, 0) is 9.59 Å². The topological polar surface area (TPSA) is 58.6 Å². The fourth-order valence-corrected chi connectivity index (χ4v) is 3.74. The van der Waals surface area contributed by atoms with Crippen molar-refractivity contribution >= 4 is 17.9 Å². The van der Waals surface area contributed by atoms with Crippen molar-refractivity contribution in [1.82, 2.24) is 10.2 Å². The number of ether oxygens (including phenoxy) is 1. The molecular formula is C26H32N2O3. The number of rotatable bonds is 7. The number of piperidine rings is 1. The lowest BCUT2D eigenvalue weighted by Gasteiger charge is -2.31. The van der Waals surface area contributed by atoms with Crippen molar-refractivity contribution in [2.45, 2.75) is 45.8 Å². The third kappa shape index (κ3) is 6.71. The number of carbonyl (C=O) groups is 2. The first-order valence-corrected chi connectivity index (χ1v) is 11.0. The van der Waals surface area contributed by atoms with E-state index in [4.69, 9.17) is 4.74 Å². The molecule has 1 aliphatic heterocycles. The third-order valence-electron chi connectivity index (χ3n) is 5.48. The summed E-state index contributed by atoms with van der Waals surface area (Å²) >= 11 is 0. The highest BCUT2D eigenvalue weighted by molar-refractivity contribution is 5.92. The lowest BCUT2D eigenvalue weighted by Crippen LogP contribution is -2.43. The van der Waals surface area contributed by atoms with E-state index in [1.54, 1.807) is 6.08 Å². The van der Waals surface area contributed by atoms with E-state index in [-0.39, 0.29) is 29.9 Å². The van der Waals surface area contributed by atoms with Gasteiger partial charge in [-0.25, -0.2) is 0 Å². The maximum atomic E-state index is 12.8. The predicted molar refractivity (Wildman–Crippen MR) is 124 cm³/mol. The molecule has 0 saturated carbocycles. The zero-order chi connectivity index (χ0) is 22.2. The molecule has 1 fully saturated rings. The van der Waals surface area contributed by atoms with Gasteiger partial charge in [0.2, 0.25) is 11.8 Å². The standard InChI is InChI=1S/C26H32N2O3/c1-19(2)31-24-11-7-10-23(18-24)20(3)27-26(30)22-14-16-28(17-15-22)25(29)13-12-21-8-5-4-6-9-21/h4-13,18-20,22H,14-17H2,1-3H3,(H,27,30)/b13-12+. The normalized spacial score (nSPS) is 15.8. The van der Waals surface area contributed by atoms with Crippen LogP contribution in [0.3, 0.4) is 0 Å². The molecule has 1 unspecified atom stereocenters. The minimum absolute atomic E-state index is 0.00181. The van der Waals surface area contributed by atoms with Gasteiger partial charge in [-0.05, 0) is 62.9 Å². The molecule has 0 bridgehead atoms. The summed E-state index contributed by atoms with van der Waals surface area (Å²) < 4.78 is 5.75. The van der Waals surface area contributed by atoms with Gasteiger partial charge in [-0.3, -0.25) is 9.59 Å². The second kappa shape index (κ2) is 10.8. The summed E-state index contributed by atoms with van der Waals surface area (Å²) in [5.41, 5.74) is 2.02. The molecule has 1 heterocycles. The molecule has 2 aromatic rings. The maximum absolute atomic E-state index is 12.8. The number of hydrogen-bond donors (Lipinski definition) is 1. The van der Waals surface area contributed by atoms with Gasteiger partial charge in [0, 0.05) is 25.1 Å². The van der Waals surface area contributed by atoms with Gasteiger partial charge in [-0.2, -0.15) is 0 Å². The summed E-state index contributed by atoms with van der Waals surface area (Å²) in [6, 6.07) is 17.5. The van der Waals surface area contributed by atoms with Gasteiger partial charge in [0.1, 0.15) is 5.75 Å². The monoisotopic (exact) mass is 420 g/mol. The number of likely N-dealkylation sites (tertiary alicyclic amines) is 1. The average Bonchev–Trinajstić information content (AvgIpc) is 2.78. The summed E-state index contributed by atoms with van der Waals surface area (Å²) in [5.74, 6) is 0.788. The van der Waals surface area contributed by atoms with Crippen LogP contribution in [-0.4, -0.2) is 35.9 Å². The van der Waals surface area contributed by atoms with Crippen LogP contribution >= 0.6 is 0 Å². The molecule has 2 aromatic carbocycles. The summed E-state index contributed by atoms with van der Waals surface area (Å²) in [4.78, 5) is 27.0. The molecule has 0 aromatic heterocycles. The molecule has 1 atom stereocenters. The molecule has 0 aliphatic carbocycles. The van der Waals surface area contributed by atoms with Crippen molar-refractivity contribution in [1.29, 1.82) is 0 Å². The summed E-state index contributed by atoms with van der Waals surface area (Å²) in [6.07, 6.45) is 4.92. The van der Waals surface area contributed by atoms with E-state index in [2.05, 4.69) is 5.32 Å². The first-order chi connectivity index (χ1) is 14.9. The van der Waals surface area contributed by atoms with Crippen molar-refractivity contribution in [2.24, 2.45) is 5.92 Å². The zero-order valence-electron chi connectivity index (χ0n) is 18.6. The second-order valence-electron chi connectivity index (χ2n) is 8.31. The van der Waals surface area contributed by atoms with Crippen LogP contribution in [0.1, 0.15) is 50.8 Å². The summed E-state index contributed by atoms with van der Waals surface area (Å²) in [6.45, 7) is 7.17. The molecule has 0 spiro atoms. The van der Waals surface area contributed by atoms with Crippen LogP contribution in [0.4, 0.5) is 0 Å². The number of carbonyl (C=O) groups excluding carboxylic acids is 2. The fraction of sp³-hybridized carbons (Fsp3) is 0.385. The lowest BCUT2D eigenvalue weighted by molar-refractivity contribution is -0.132. The number of nitrogens with one attached hydrogen (secondary N) is 1. The smallest absolute Gasteiger partial charge is 0.246 e. The van der Waals surface area contributed by atoms with Crippen molar-refractivity contribution in [3.63, 3.8) is 0 Å². The average molecular weight is 421 g/mol. The Bertz CT molecular complexity index is 900. The van der Waals surface area contributed by atoms with Crippen LogP contribution in [0.5, 0.6) is 5.75 Å². The summed E-state index contributed by atoms with van der Waals surface area (Å²) in [5, 5.41) is 3.13. The fourth-order valence-electron chi connectivity index (χ4n) is 3.74. The Morgan fingerprint density at radius 2 is 1.74 bits per heavy atom. The maximum Gasteiger partial charge on any atom is 0.246 e. The lowest BCUT2D eigenvalue weighted by atomic mass is 9.95. The highest BCUT2D eigenvalue weighted by Gasteiger charge is 2.27. The molecule has 1 saturated heterocycles. The predicted octanol–water partition coefficient (Wildman–Crippen LogP) is 4.60. The van der Waals surface area contributed by atoms with Crippen LogP contribution in [0.25, 0.3) is 6.08 Å². The van der Waals surface area contributed by atoms with E-state index in [0.717, 1.165) is 16.9 Å². The molecule has 164 valence electrons. The molecule has 2 amide bonds. The van der Waals surface area contributed by atoms with E-state index in [1.807, 2.05) is 86.3 Å². The highest BCUT2D eigenvalue weighted by Crippen LogP contribution is 2.23. The Balaban J connectivity index is 1.48. The van der Waals surface area contributed by atoms with E-state index < -0.39 is 0 Å². The minimum Gasteiger partial charge on any atom is -0.491 e. The van der Waals surface area contributed by atoms with Gasteiger partial charge in [-0.15, -0.1) is 0 Å². The quantitative estimate of drug-likeness (QED) is 0.666. The largest absolute Gasteiger partial charge is 0.491 e. The molecule has 1 aliphatic rings. The molecule has 31 heavy (non-hydrogen) atoms. The number of benzene rings is 2. The van der Waals surface area contributed by atoms with Crippen molar-refractivity contribution in [2.75, 3.05) is 13.1 Å². The third-order valence-corrected chi connectivity index (χ3v) is 5.48. The van der Waals surface area contributed by atoms with Gasteiger partial charge in [0.05, 0.1) is 12.1 Å². The van der Waals surface area contributed by atoms with Crippen molar-refractivity contribution in [3.05, 3.63) is 71.8 Å². The van der Waals surface area contributed by atoms with Gasteiger partial charge < -0.3 is 15.0 Å². The van der Waals surface area contributed by atoms with Gasteiger partial charge in [0.25, 0.3) is 0 Å². The second-order valence-corrected chi connectivity index (χ2v) is 8.31. The van der Waals surface area contributed by atoms with Crippen LogP contribution in [0.15, 0.2) is 60.7 Å². The van der Waals surface area contributed by atoms with Gasteiger partial charge >= 0.3 is 0 Å². The Kier molecular flexibility index (Phi) is 7.88. The Morgan fingerprint density at radius 3 is 2.42 bits per heavy atom. The first kappa shape index (κ1) is 22.6. The first-order valence-electron chi connectivity index (χ1n) is 11.0. The SMILES string of the molecule is CC(C)Oc1cccc(C(C)NC(=O)C2CCN(C(=O)/C=C/c3ccccc3)CC2)c1. The van der Waals surface area contributed by atoms with Crippen LogP contribution in [0, 0.1) is 5.92 Å². The van der Waals surface area contributed by atoms with E-state index in [9.17, 15) is 9.59 Å². The molecule has 1 N–H and O–H groups in total. The van der Waals surface area contributed by atoms with Crippen molar-refractivity contribution in [3.8, 4) is 5.75 Å². The molecular weight excluding hydrogens is 388 g/mol. The number of amides is 2. The zero-order valence-corrected chi connectivity index (χ0v) is 18.6. The molecule has 5 heteroatoms. The highest BCUT2D eigenvalue weighted by atomic mass is 16.5. The number of hydrogen-bond acceptors (Lipinski definition) is 3. The van der Waals surface area contributed by atoms with Gasteiger partial charge in [-0.1, -0.05) is 42.5 Å². The Hall–Kier alpha value is -3.08. The van der Waals surface area contributed by atoms with E-state index in [1.165, 1.54) is 0 Å². The van der Waals surface area contributed by atoms with Crippen molar-refractivity contribution < 1.29 is 14.3 Å². The Morgan fingerprint density at radius 1 is 1.03 bits per heavy atom. The molecule has 3 rings (SSSR count). The van der Waals surface area contributed by atoms with E-state index in [0.29, 0.717) is 25.9 Å². The molecule has 5 nitrogen and oxygen atoms in total. The van der Waals surface area contributed by atoms with E-state index >= 15 is 0 Å². The number of nitrogens with zero attached hydrogens (tertiary/aromatic N) is 1. The molecule has 0 radical (unpaired) electrons. The van der Waals surface area contributed by atoms with Gasteiger partial charge in [0.15, 0.2) is 0 Å². The van der Waals surface area contributed by atoms with Crippen LogP contribution in [0.2, 0.25) is 0 Å².